The first-order valence-electron chi connectivity index (χ1n) is 6.85. The third kappa shape index (κ3) is 3.24. The topological polar surface area (TPSA) is 32.7 Å². The lowest BCUT2D eigenvalue weighted by molar-refractivity contribution is 0.0465. The number of phenols is 1. The van der Waals surface area contributed by atoms with Crippen LogP contribution in [0.1, 0.15) is 38.3 Å². The van der Waals surface area contributed by atoms with E-state index in [1.165, 1.54) is 5.56 Å². The molecule has 1 heterocycles. The second-order valence-corrected chi connectivity index (χ2v) is 5.02. The van der Waals surface area contributed by atoms with Crippen LogP contribution in [0.4, 0.5) is 0 Å². The Morgan fingerprint density at radius 2 is 2.33 bits per heavy atom. The van der Waals surface area contributed by atoms with Crippen LogP contribution in [0.15, 0.2) is 24.3 Å². The molecule has 18 heavy (non-hydrogen) atoms. The second-order valence-electron chi connectivity index (χ2n) is 5.02. The smallest absolute Gasteiger partial charge is 0.115 e. The monoisotopic (exact) mass is 249 g/mol. The molecule has 0 bridgehead atoms. The molecule has 2 unspecified atom stereocenters. The number of nitrogens with zero attached hydrogens (tertiary/aromatic N) is 1. The Kier molecular flexibility index (Phi) is 4.61. The summed E-state index contributed by atoms with van der Waals surface area (Å²) in [6.45, 7) is 7.28. The van der Waals surface area contributed by atoms with Gasteiger partial charge in [0.1, 0.15) is 5.75 Å². The number of aromatic hydroxyl groups is 1. The van der Waals surface area contributed by atoms with Crippen molar-refractivity contribution in [3.8, 4) is 5.75 Å². The van der Waals surface area contributed by atoms with Gasteiger partial charge >= 0.3 is 0 Å². The molecular formula is C15H23NO2. The van der Waals surface area contributed by atoms with Crippen LogP contribution in [0.2, 0.25) is 0 Å². The third-order valence-corrected chi connectivity index (χ3v) is 3.74. The normalized spacial score (nSPS) is 23.6. The number of benzene rings is 1. The van der Waals surface area contributed by atoms with Gasteiger partial charge in [-0.25, -0.2) is 0 Å². The standard InChI is InChI=1S/C15H23NO2/c1-3-15-11-16(8-5-9-18-15)12(2)13-6-4-7-14(17)10-13/h4,6-7,10,12,15,17H,3,5,8-9,11H2,1-2H3. The number of phenolic OH excluding ortho intramolecular Hbond substituents is 1. The average Bonchev–Trinajstić information content (AvgIpc) is 2.63. The summed E-state index contributed by atoms with van der Waals surface area (Å²) in [7, 11) is 0. The molecule has 0 aromatic heterocycles. The van der Waals surface area contributed by atoms with Crippen molar-refractivity contribution < 1.29 is 9.84 Å². The fraction of sp³-hybridized carbons (Fsp3) is 0.600. The van der Waals surface area contributed by atoms with Crippen molar-refractivity contribution >= 4 is 0 Å². The minimum absolute atomic E-state index is 0.327. The number of ether oxygens (including phenoxy) is 1. The molecule has 1 aliphatic rings. The maximum Gasteiger partial charge on any atom is 0.115 e. The van der Waals surface area contributed by atoms with Crippen LogP contribution < -0.4 is 0 Å². The molecule has 1 aliphatic heterocycles. The van der Waals surface area contributed by atoms with Crippen molar-refractivity contribution in [2.45, 2.75) is 38.8 Å². The average molecular weight is 249 g/mol. The van der Waals surface area contributed by atoms with Crippen LogP contribution >= 0.6 is 0 Å². The van der Waals surface area contributed by atoms with Crippen LogP contribution in [0.5, 0.6) is 5.75 Å². The van der Waals surface area contributed by atoms with E-state index >= 15 is 0 Å². The summed E-state index contributed by atoms with van der Waals surface area (Å²) < 4.78 is 5.80. The van der Waals surface area contributed by atoms with E-state index in [0.717, 1.165) is 32.5 Å². The van der Waals surface area contributed by atoms with E-state index in [4.69, 9.17) is 4.74 Å². The molecule has 0 aliphatic carbocycles. The molecule has 100 valence electrons. The zero-order valence-electron chi connectivity index (χ0n) is 11.3. The summed E-state index contributed by atoms with van der Waals surface area (Å²) >= 11 is 0. The highest BCUT2D eigenvalue weighted by atomic mass is 16.5. The van der Waals surface area contributed by atoms with E-state index in [1.54, 1.807) is 6.07 Å². The SMILES string of the molecule is CCC1CN(C(C)c2cccc(O)c2)CCCO1. The molecule has 0 spiro atoms. The molecule has 1 aromatic rings. The maximum absolute atomic E-state index is 9.57. The van der Waals surface area contributed by atoms with Gasteiger partial charge in [-0.3, -0.25) is 4.90 Å². The Morgan fingerprint density at radius 3 is 3.06 bits per heavy atom. The molecule has 1 aromatic carbocycles. The van der Waals surface area contributed by atoms with Crippen molar-refractivity contribution in [1.29, 1.82) is 0 Å². The molecule has 3 nitrogen and oxygen atoms in total. The van der Waals surface area contributed by atoms with Gasteiger partial charge in [-0.1, -0.05) is 19.1 Å². The van der Waals surface area contributed by atoms with E-state index in [9.17, 15) is 5.11 Å². The molecule has 1 N–H and O–H groups in total. The van der Waals surface area contributed by atoms with Crippen LogP contribution in [0.3, 0.4) is 0 Å². The van der Waals surface area contributed by atoms with Crippen molar-refractivity contribution in [2.24, 2.45) is 0 Å². The first-order valence-corrected chi connectivity index (χ1v) is 6.85. The summed E-state index contributed by atoms with van der Waals surface area (Å²) in [5, 5.41) is 9.57. The largest absolute Gasteiger partial charge is 0.508 e. The van der Waals surface area contributed by atoms with E-state index in [2.05, 4.69) is 24.8 Å². The fourth-order valence-corrected chi connectivity index (χ4v) is 2.52. The van der Waals surface area contributed by atoms with Crippen molar-refractivity contribution in [1.82, 2.24) is 4.90 Å². The highest BCUT2D eigenvalue weighted by molar-refractivity contribution is 5.29. The summed E-state index contributed by atoms with van der Waals surface area (Å²) in [6.07, 6.45) is 2.48. The Balaban J connectivity index is 2.09. The van der Waals surface area contributed by atoms with E-state index in [-0.39, 0.29) is 0 Å². The Hall–Kier alpha value is -1.06. The van der Waals surface area contributed by atoms with Crippen molar-refractivity contribution in [3.63, 3.8) is 0 Å². The Morgan fingerprint density at radius 1 is 1.50 bits per heavy atom. The highest BCUT2D eigenvalue weighted by Gasteiger charge is 2.22. The van der Waals surface area contributed by atoms with Crippen molar-refractivity contribution in [2.75, 3.05) is 19.7 Å². The van der Waals surface area contributed by atoms with Gasteiger partial charge in [0.25, 0.3) is 0 Å². The molecule has 1 saturated heterocycles. The molecule has 2 atom stereocenters. The minimum atomic E-state index is 0.327. The van der Waals surface area contributed by atoms with Gasteiger partial charge in [-0.05, 0) is 37.5 Å². The molecule has 0 saturated carbocycles. The van der Waals surface area contributed by atoms with Crippen LogP contribution in [0, 0.1) is 0 Å². The van der Waals surface area contributed by atoms with Gasteiger partial charge in [-0.2, -0.15) is 0 Å². The molecule has 2 rings (SSSR count). The molecular weight excluding hydrogens is 226 g/mol. The van der Waals surface area contributed by atoms with Crippen LogP contribution in [0.25, 0.3) is 0 Å². The number of hydrogen-bond acceptors (Lipinski definition) is 3. The quantitative estimate of drug-likeness (QED) is 0.894. The lowest BCUT2D eigenvalue weighted by Gasteiger charge is -2.29. The van der Waals surface area contributed by atoms with Crippen LogP contribution in [-0.4, -0.2) is 35.8 Å². The van der Waals surface area contributed by atoms with Crippen molar-refractivity contribution in [3.05, 3.63) is 29.8 Å². The zero-order chi connectivity index (χ0) is 13.0. The lowest BCUT2D eigenvalue weighted by atomic mass is 10.1. The maximum atomic E-state index is 9.57. The van der Waals surface area contributed by atoms with Gasteiger partial charge in [0.2, 0.25) is 0 Å². The number of hydrogen-bond donors (Lipinski definition) is 1. The Labute approximate surface area is 109 Å². The van der Waals surface area contributed by atoms with Crippen LogP contribution in [-0.2, 0) is 4.74 Å². The van der Waals surface area contributed by atoms with Gasteiger partial charge < -0.3 is 9.84 Å². The predicted octanol–water partition coefficient (Wildman–Crippen LogP) is 2.95. The molecule has 0 amide bonds. The van der Waals surface area contributed by atoms with E-state index < -0.39 is 0 Å². The number of rotatable bonds is 3. The summed E-state index contributed by atoms with van der Waals surface area (Å²) in [5.74, 6) is 0.345. The zero-order valence-corrected chi connectivity index (χ0v) is 11.3. The first-order chi connectivity index (χ1) is 8.70. The lowest BCUT2D eigenvalue weighted by Crippen LogP contribution is -2.33. The second kappa shape index (κ2) is 6.21. The third-order valence-electron chi connectivity index (χ3n) is 3.74. The summed E-state index contributed by atoms with van der Waals surface area (Å²) in [6, 6.07) is 7.89. The molecule has 1 fully saturated rings. The van der Waals surface area contributed by atoms with Gasteiger partial charge in [-0.15, -0.1) is 0 Å². The van der Waals surface area contributed by atoms with Gasteiger partial charge in [0, 0.05) is 25.7 Å². The predicted molar refractivity (Wildman–Crippen MR) is 72.7 cm³/mol. The van der Waals surface area contributed by atoms with E-state index in [1.807, 2.05) is 12.1 Å². The fourth-order valence-electron chi connectivity index (χ4n) is 2.52. The van der Waals surface area contributed by atoms with Gasteiger partial charge in [0.05, 0.1) is 6.10 Å². The minimum Gasteiger partial charge on any atom is -0.508 e. The summed E-state index contributed by atoms with van der Waals surface area (Å²) in [5.41, 5.74) is 1.17. The summed E-state index contributed by atoms with van der Waals surface area (Å²) in [4.78, 5) is 2.45. The van der Waals surface area contributed by atoms with E-state index in [0.29, 0.717) is 17.9 Å². The molecule has 3 heteroatoms. The first kappa shape index (κ1) is 13.4. The Bertz CT molecular complexity index is 381. The van der Waals surface area contributed by atoms with Gasteiger partial charge in [0.15, 0.2) is 0 Å². The highest BCUT2D eigenvalue weighted by Crippen LogP contribution is 2.25. The molecule has 0 radical (unpaired) electrons.